The number of nitrogens with one attached hydrogen (secondary N) is 1. The van der Waals surface area contributed by atoms with E-state index < -0.39 is 10.0 Å². The van der Waals surface area contributed by atoms with E-state index in [1.807, 2.05) is 24.3 Å². The summed E-state index contributed by atoms with van der Waals surface area (Å²) in [6, 6.07) is 17.6. The van der Waals surface area contributed by atoms with Crippen molar-refractivity contribution >= 4 is 38.0 Å². The number of nitrogens with zero attached hydrogens (tertiary/aromatic N) is 1. The lowest BCUT2D eigenvalue weighted by Gasteiger charge is -2.30. The summed E-state index contributed by atoms with van der Waals surface area (Å²) in [6.07, 6.45) is 1.40. The van der Waals surface area contributed by atoms with Gasteiger partial charge in [0.05, 0.1) is 5.92 Å². The number of piperidine rings is 1. The van der Waals surface area contributed by atoms with Gasteiger partial charge in [-0.15, -0.1) is 11.3 Å². The smallest absolute Gasteiger partial charge is 0.252 e. The molecule has 28 heavy (non-hydrogen) atoms. The fraction of sp³-hybridized carbons (Fsp3) is 0.286. The van der Waals surface area contributed by atoms with Crippen LogP contribution in [0.25, 0.3) is 10.8 Å². The molecular weight excluding hydrogens is 392 g/mol. The Kier molecular flexibility index (Phi) is 5.48. The molecule has 0 bridgehead atoms. The highest BCUT2D eigenvalue weighted by Gasteiger charge is 2.33. The van der Waals surface area contributed by atoms with E-state index in [0.717, 1.165) is 10.9 Å². The summed E-state index contributed by atoms with van der Waals surface area (Å²) >= 11 is 1.21. The summed E-state index contributed by atoms with van der Waals surface area (Å²) < 4.78 is 27.2. The Balaban J connectivity index is 1.40. The second-order valence-electron chi connectivity index (χ2n) is 7.03. The van der Waals surface area contributed by atoms with E-state index in [2.05, 4.69) is 23.5 Å². The first-order valence-electron chi connectivity index (χ1n) is 9.33. The largest absolute Gasteiger partial charge is 0.352 e. The van der Waals surface area contributed by atoms with Gasteiger partial charge < -0.3 is 5.32 Å². The second-order valence-corrected chi connectivity index (χ2v) is 10.1. The standard InChI is InChI=1S/C21H22N2O3S2/c24-21(22-14-16-9-10-17-5-1-2-6-18(17)13-16)19-7-3-11-23(15-19)28(25,26)20-8-4-12-27-20/h1-2,4-6,8-10,12-13,19H,3,7,11,14-15H2,(H,22,24)/t19-/m0/s1. The number of hydrogen-bond donors (Lipinski definition) is 1. The molecule has 2 heterocycles. The molecule has 1 aromatic heterocycles. The first-order chi connectivity index (χ1) is 13.5. The summed E-state index contributed by atoms with van der Waals surface area (Å²) in [5.74, 6) is -0.400. The monoisotopic (exact) mass is 414 g/mol. The molecule has 0 spiro atoms. The van der Waals surface area contributed by atoms with E-state index in [9.17, 15) is 13.2 Å². The molecule has 1 atom stereocenters. The first kappa shape index (κ1) is 19.1. The molecule has 2 aromatic carbocycles. The average Bonchev–Trinajstić information content (AvgIpc) is 3.28. The molecule has 0 saturated carbocycles. The summed E-state index contributed by atoms with van der Waals surface area (Å²) in [4.78, 5) is 12.7. The third-order valence-electron chi connectivity index (χ3n) is 5.12. The van der Waals surface area contributed by atoms with E-state index in [1.54, 1.807) is 17.5 Å². The van der Waals surface area contributed by atoms with Crippen LogP contribution in [-0.2, 0) is 21.4 Å². The SMILES string of the molecule is O=C(NCc1ccc2ccccc2c1)[C@H]1CCCN(S(=O)(=O)c2cccs2)C1. The number of benzene rings is 2. The van der Waals surface area contributed by atoms with E-state index in [-0.39, 0.29) is 18.4 Å². The first-order valence-corrected chi connectivity index (χ1v) is 11.6. The third-order valence-corrected chi connectivity index (χ3v) is 8.36. The van der Waals surface area contributed by atoms with Crippen molar-refractivity contribution in [3.63, 3.8) is 0 Å². The third kappa shape index (κ3) is 3.97. The molecule has 1 saturated heterocycles. The van der Waals surface area contributed by atoms with Gasteiger partial charge in [-0.3, -0.25) is 4.79 Å². The molecule has 1 fully saturated rings. The Hall–Kier alpha value is -2.22. The van der Waals surface area contributed by atoms with E-state index in [0.29, 0.717) is 30.1 Å². The van der Waals surface area contributed by atoms with Crippen LogP contribution in [0.15, 0.2) is 64.2 Å². The van der Waals surface area contributed by atoms with Gasteiger partial charge in [0.2, 0.25) is 5.91 Å². The molecule has 4 rings (SSSR count). The van der Waals surface area contributed by atoms with Gasteiger partial charge in [-0.05, 0) is 46.7 Å². The lowest BCUT2D eigenvalue weighted by atomic mass is 9.98. The Morgan fingerprint density at radius 2 is 1.93 bits per heavy atom. The lowest BCUT2D eigenvalue weighted by molar-refractivity contribution is -0.126. The highest BCUT2D eigenvalue weighted by Crippen LogP contribution is 2.26. The van der Waals surface area contributed by atoms with Crippen LogP contribution in [0.5, 0.6) is 0 Å². The molecule has 1 aliphatic heterocycles. The Morgan fingerprint density at radius 1 is 1.11 bits per heavy atom. The Labute approximate surface area is 169 Å². The summed E-state index contributed by atoms with van der Waals surface area (Å²) in [5.41, 5.74) is 1.03. The highest BCUT2D eigenvalue weighted by atomic mass is 32.2. The van der Waals surface area contributed by atoms with Crippen molar-refractivity contribution in [2.45, 2.75) is 23.6 Å². The van der Waals surface area contributed by atoms with Crippen LogP contribution in [0.3, 0.4) is 0 Å². The average molecular weight is 415 g/mol. The number of rotatable bonds is 5. The molecule has 1 aliphatic rings. The zero-order chi connectivity index (χ0) is 19.6. The zero-order valence-electron chi connectivity index (χ0n) is 15.4. The second kappa shape index (κ2) is 8.03. The number of thiophene rings is 1. The maximum Gasteiger partial charge on any atom is 0.252 e. The van der Waals surface area contributed by atoms with Crippen molar-refractivity contribution in [2.24, 2.45) is 5.92 Å². The Morgan fingerprint density at radius 3 is 2.71 bits per heavy atom. The van der Waals surface area contributed by atoms with Crippen molar-refractivity contribution < 1.29 is 13.2 Å². The maximum absolute atomic E-state index is 12.7. The molecule has 0 unspecified atom stereocenters. The normalized spacial score (nSPS) is 18.2. The number of carbonyl (C=O) groups is 1. The van der Waals surface area contributed by atoms with Gasteiger partial charge in [-0.2, -0.15) is 4.31 Å². The van der Waals surface area contributed by atoms with Gasteiger partial charge in [0.15, 0.2) is 0 Å². The minimum absolute atomic E-state index is 0.0840. The maximum atomic E-state index is 12.7. The fourth-order valence-electron chi connectivity index (χ4n) is 3.59. The van der Waals surface area contributed by atoms with Crippen molar-refractivity contribution in [3.8, 4) is 0 Å². The summed E-state index contributed by atoms with van der Waals surface area (Å²) in [5, 5.41) is 7.04. The van der Waals surface area contributed by atoms with Crippen molar-refractivity contribution in [1.29, 1.82) is 0 Å². The van der Waals surface area contributed by atoms with Crippen LogP contribution in [0, 0.1) is 5.92 Å². The molecular formula is C21H22N2O3S2. The predicted octanol–water partition coefficient (Wildman–Crippen LogP) is 3.62. The molecule has 7 heteroatoms. The molecule has 1 N–H and O–H groups in total. The highest BCUT2D eigenvalue weighted by molar-refractivity contribution is 7.91. The topological polar surface area (TPSA) is 66.5 Å². The van der Waals surface area contributed by atoms with Crippen LogP contribution < -0.4 is 5.32 Å². The molecule has 5 nitrogen and oxygen atoms in total. The number of sulfonamides is 1. The van der Waals surface area contributed by atoms with Crippen molar-refractivity contribution in [1.82, 2.24) is 9.62 Å². The molecule has 0 radical (unpaired) electrons. The lowest BCUT2D eigenvalue weighted by Crippen LogP contribution is -2.45. The number of carbonyl (C=O) groups excluding carboxylic acids is 1. The molecule has 3 aromatic rings. The van der Waals surface area contributed by atoms with Gasteiger partial charge in [0.25, 0.3) is 10.0 Å². The van der Waals surface area contributed by atoms with Crippen molar-refractivity contribution in [2.75, 3.05) is 13.1 Å². The zero-order valence-corrected chi connectivity index (χ0v) is 17.0. The quantitative estimate of drug-likeness (QED) is 0.693. The minimum Gasteiger partial charge on any atom is -0.352 e. The van der Waals surface area contributed by atoms with E-state index in [1.165, 1.54) is 21.0 Å². The fourth-order valence-corrected chi connectivity index (χ4v) is 6.26. The number of amides is 1. The number of fused-ring (bicyclic) bond motifs is 1. The van der Waals surface area contributed by atoms with Gasteiger partial charge in [-0.1, -0.05) is 42.5 Å². The van der Waals surface area contributed by atoms with Gasteiger partial charge in [0, 0.05) is 19.6 Å². The van der Waals surface area contributed by atoms with Gasteiger partial charge in [-0.25, -0.2) is 8.42 Å². The van der Waals surface area contributed by atoms with Gasteiger partial charge >= 0.3 is 0 Å². The summed E-state index contributed by atoms with van der Waals surface area (Å²) in [6.45, 7) is 1.15. The molecule has 1 amide bonds. The molecule has 0 aliphatic carbocycles. The van der Waals surface area contributed by atoms with Crippen LogP contribution >= 0.6 is 11.3 Å². The van der Waals surface area contributed by atoms with Crippen molar-refractivity contribution in [3.05, 3.63) is 65.5 Å². The van der Waals surface area contributed by atoms with Crippen LogP contribution in [0.1, 0.15) is 18.4 Å². The van der Waals surface area contributed by atoms with E-state index in [4.69, 9.17) is 0 Å². The predicted molar refractivity (Wildman–Crippen MR) is 112 cm³/mol. The van der Waals surface area contributed by atoms with Crippen LogP contribution in [-0.4, -0.2) is 31.7 Å². The van der Waals surface area contributed by atoms with E-state index >= 15 is 0 Å². The Bertz CT molecular complexity index is 1080. The van der Waals surface area contributed by atoms with Crippen LogP contribution in [0.4, 0.5) is 0 Å². The number of hydrogen-bond acceptors (Lipinski definition) is 4. The summed E-state index contributed by atoms with van der Waals surface area (Å²) in [7, 11) is -3.50. The van der Waals surface area contributed by atoms with Crippen LogP contribution in [0.2, 0.25) is 0 Å². The molecule has 146 valence electrons. The minimum atomic E-state index is -3.50. The van der Waals surface area contributed by atoms with Gasteiger partial charge in [0.1, 0.15) is 4.21 Å².